The van der Waals surface area contributed by atoms with Crippen LogP contribution in [-0.4, -0.2) is 67.0 Å². The highest BCUT2D eigenvalue weighted by Crippen LogP contribution is 2.16. The van der Waals surface area contributed by atoms with E-state index in [1.165, 1.54) is 0 Å². The number of nitrogens with zero attached hydrogens (tertiary/aromatic N) is 2. The van der Waals surface area contributed by atoms with Crippen LogP contribution in [0.1, 0.15) is 16.8 Å². The van der Waals surface area contributed by atoms with Crippen LogP contribution in [0.4, 0.5) is 0 Å². The summed E-state index contributed by atoms with van der Waals surface area (Å²) in [5, 5.41) is 4.11. The Kier molecular flexibility index (Phi) is 4.75. The summed E-state index contributed by atoms with van der Waals surface area (Å²) >= 11 is 0. The second-order valence-corrected chi connectivity index (χ2v) is 6.00. The first-order chi connectivity index (χ1) is 10.7. The number of nitrogens with one attached hydrogen (secondary N) is 2. The standard InChI is InChI=1S/C17H24N4O/c1-20-10-12-21(13-11-20)9-3-7-19-17(22)15-5-2-4-14-6-8-18-16(14)15/h2,4-6,8,18H,3,7,9-13H2,1H3,(H,19,22). The molecule has 3 rings (SSSR count). The summed E-state index contributed by atoms with van der Waals surface area (Å²) < 4.78 is 0. The molecule has 1 aliphatic heterocycles. The number of amides is 1. The molecule has 0 saturated carbocycles. The number of H-pyrrole nitrogens is 1. The van der Waals surface area contributed by atoms with Crippen LogP contribution >= 0.6 is 0 Å². The van der Waals surface area contributed by atoms with Crippen LogP contribution in [0.25, 0.3) is 10.9 Å². The third kappa shape index (κ3) is 3.48. The zero-order valence-corrected chi connectivity index (χ0v) is 13.1. The van der Waals surface area contributed by atoms with Gasteiger partial charge in [0.1, 0.15) is 0 Å². The minimum Gasteiger partial charge on any atom is -0.361 e. The summed E-state index contributed by atoms with van der Waals surface area (Å²) in [6.07, 6.45) is 2.87. The van der Waals surface area contributed by atoms with Crippen molar-refractivity contribution in [1.29, 1.82) is 0 Å². The number of hydrogen-bond acceptors (Lipinski definition) is 3. The Morgan fingerprint density at radius 1 is 1.23 bits per heavy atom. The molecule has 0 bridgehead atoms. The lowest BCUT2D eigenvalue weighted by Crippen LogP contribution is -2.45. The average Bonchev–Trinajstić information content (AvgIpc) is 3.01. The molecule has 2 N–H and O–H groups in total. The molecule has 2 heterocycles. The highest BCUT2D eigenvalue weighted by Gasteiger charge is 2.13. The number of likely N-dealkylation sites (N-methyl/N-ethyl adjacent to an activating group) is 1. The van der Waals surface area contributed by atoms with Crippen molar-refractivity contribution >= 4 is 16.8 Å². The minimum atomic E-state index is 0.00595. The zero-order chi connectivity index (χ0) is 15.4. The van der Waals surface area contributed by atoms with Gasteiger partial charge in [-0.25, -0.2) is 0 Å². The molecule has 1 saturated heterocycles. The van der Waals surface area contributed by atoms with E-state index in [0.717, 1.165) is 62.2 Å². The average molecular weight is 300 g/mol. The van der Waals surface area contributed by atoms with Gasteiger partial charge in [-0.05, 0) is 32.1 Å². The Hall–Kier alpha value is -1.85. The Bertz CT molecular complexity index is 628. The van der Waals surface area contributed by atoms with Gasteiger partial charge in [0.15, 0.2) is 0 Å². The van der Waals surface area contributed by atoms with Crippen LogP contribution in [0, 0.1) is 0 Å². The van der Waals surface area contributed by atoms with Crippen molar-refractivity contribution in [2.24, 2.45) is 0 Å². The van der Waals surface area contributed by atoms with E-state index in [4.69, 9.17) is 0 Å². The molecule has 0 radical (unpaired) electrons. The van der Waals surface area contributed by atoms with Crippen LogP contribution in [0.2, 0.25) is 0 Å². The largest absolute Gasteiger partial charge is 0.361 e. The maximum atomic E-state index is 12.3. The molecule has 2 aromatic rings. The topological polar surface area (TPSA) is 51.4 Å². The normalized spacial score (nSPS) is 17.0. The molecule has 22 heavy (non-hydrogen) atoms. The van der Waals surface area contributed by atoms with Crippen LogP contribution in [-0.2, 0) is 0 Å². The van der Waals surface area contributed by atoms with Gasteiger partial charge in [0, 0.05) is 44.3 Å². The molecule has 5 nitrogen and oxygen atoms in total. The summed E-state index contributed by atoms with van der Waals surface area (Å²) in [7, 11) is 2.17. The molecule has 0 spiro atoms. The van der Waals surface area contributed by atoms with E-state index in [0.29, 0.717) is 0 Å². The number of para-hydroxylation sites is 1. The fourth-order valence-corrected chi connectivity index (χ4v) is 2.95. The predicted molar refractivity (Wildman–Crippen MR) is 89.2 cm³/mol. The van der Waals surface area contributed by atoms with Gasteiger partial charge in [-0.3, -0.25) is 4.79 Å². The van der Waals surface area contributed by atoms with Gasteiger partial charge < -0.3 is 20.1 Å². The molecule has 1 aliphatic rings. The molecular weight excluding hydrogens is 276 g/mol. The fourth-order valence-electron chi connectivity index (χ4n) is 2.95. The second-order valence-electron chi connectivity index (χ2n) is 6.00. The molecular formula is C17H24N4O. The second kappa shape index (κ2) is 6.94. The monoisotopic (exact) mass is 300 g/mol. The first-order valence-electron chi connectivity index (χ1n) is 7.99. The van der Waals surface area contributed by atoms with Crippen molar-refractivity contribution in [2.75, 3.05) is 46.3 Å². The van der Waals surface area contributed by atoms with Crippen molar-refractivity contribution in [2.45, 2.75) is 6.42 Å². The minimum absolute atomic E-state index is 0.00595. The van der Waals surface area contributed by atoms with Crippen molar-refractivity contribution < 1.29 is 4.79 Å². The number of fused-ring (bicyclic) bond motifs is 1. The molecule has 1 fully saturated rings. The van der Waals surface area contributed by atoms with Gasteiger partial charge in [0.05, 0.1) is 11.1 Å². The van der Waals surface area contributed by atoms with Crippen LogP contribution in [0.5, 0.6) is 0 Å². The maximum absolute atomic E-state index is 12.3. The Morgan fingerprint density at radius 3 is 2.86 bits per heavy atom. The van der Waals surface area contributed by atoms with Gasteiger partial charge in [-0.2, -0.15) is 0 Å². The van der Waals surface area contributed by atoms with E-state index in [9.17, 15) is 4.79 Å². The Morgan fingerprint density at radius 2 is 2.05 bits per heavy atom. The van der Waals surface area contributed by atoms with E-state index < -0.39 is 0 Å². The van der Waals surface area contributed by atoms with E-state index in [1.807, 2.05) is 30.5 Å². The van der Waals surface area contributed by atoms with E-state index >= 15 is 0 Å². The molecule has 0 atom stereocenters. The highest BCUT2D eigenvalue weighted by atomic mass is 16.1. The molecule has 1 aromatic carbocycles. The smallest absolute Gasteiger partial charge is 0.253 e. The number of carbonyl (C=O) groups is 1. The first kappa shape index (κ1) is 15.1. The predicted octanol–water partition coefficient (Wildman–Crippen LogP) is 1.54. The van der Waals surface area contributed by atoms with E-state index in [-0.39, 0.29) is 5.91 Å². The molecule has 5 heteroatoms. The third-order valence-corrected chi connectivity index (χ3v) is 4.36. The van der Waals surface area contributed by atoms with E-state index in [2.05, 4.69) is 27.1 Å². The molecule has 0 aliphatic carbocycles. The number of carbonyl (C=O) groups excluding carboxylic acids is 1. The van der Waals surface area contributed by atoms with Crippen molar-refractivity contribution in [3.05, 3.63) is 36.0 Å². The van der Waals surface area contributed by atoms with Crippen LogP contribution < -0.4 is 5.32 Å². The van der Waals surface area contributed by atoms with Crippen LogP contribution in [0.3, 0.4) is 0 Å². The van der Waals surface area contributed by atoms with Crippen molar-refractivity contribution in [1.82, 2.24) is 20.1 Å². The van der Waals surface area contributed by atoms with Crippen LogP contribution in [0.15, 0.2) is 30.5 Å². The van der Waals surface area contributed by atoms with Gasteiger partial charge in [-0.1, -0.05) is 12.1 Å². The molecule has 0 unspecified atom stereocenters. The van der Waals surface area contributed by atoms with Crippen molar-refractivity contribution in [3.63, 3.8) is 0 Å². The van der Waals surface area contributed by atoms with Gasteiger partial charge >= 0.3 is 0 Å². The van der Waals surface area contributed by atoms with E-state index in [1.54, 1.807) is 0 Å². The lowest BCUT2D eigenvalue weighted by Gasteiger charge is -2.32. The Balaban J connectivity index is 1.46. The summed E-state index contributed by atoms with van der Waals surface area (Å²) in [6.45, 7) is 6.32. The molecule has 1 amide bonds. The quantitative estimate of drug-likeness (QED) is 0.824. The number of hydrogen-bond donors (Lipinski definition) is 2. The van der Waals surface area contributed by atoms with Gasteiger partial charge in [0.25, 0.3) is 5.91 Å². The number of benzene rings is 1. The third-order valence-electron chi connectivity index (χ3n) is 4.36. The van der Waals surface area contributed by atoms with Gasteiger partial charge in [0.2, 0.25) is 0 Å². The number of aromatic amines is 1. The summed E-state index contributed by atoms with van der Waals surface area (Å²) in [6, 6.07) is 7.79. The lowest BCUT2D eigenvalue weighted by atomic mass is 10.1. The molecule has 118 valence electrons. The fraction of sp³-hybridized carbons (Fsp3) is 0.471. The van der Waals surface area contributed by atoms with Crippen molar-refractivity contribution in [3.8, 4) is 0 Å². The molecule has 1 aromatic heterocycles. The summed E-state index contributed by atoms with van der Waals surface area (Å²) in [4.78, 5) is 20.3. The number of rotatable bonds is 5. The first-order valence-corrected chi connectivity index (χ1v) is 7.99. The highest BCUT2D eigenvalue weighted by molar-refractivity contribution is 6.05. The maximum Gasteiger partial charge on any atom is 0.253 e. The number of aromatic nitrogens is 1. The lowest BCUT2D eigenvalue weighted by molar-refractivity contribution is 0.0951. The Labute approximate surface area is 131 Å². The number of piperazine rings is 1. The SMILES string of the molecule is CN1CCN(CCCNC(=O)c2cccc3cc[nH]c23)CC1. The zero-order valence-electron chi connectivity index (χ0n) is 13.1. The van der Waals surface area contributed by atoms with Gasteiger partial charge in [-0.15, -0.1) is 0 Å². The summed E-state index contributed by atoms with van der Waals surface area (Å²) in [5.41, 5.74) is 1.64. The summed E-state index contributed by atoms with van der Waals surface area (Å²) in [5.74, 6) is 0.00595.